The van der Waals surface area contributed by atoms with E-state index in [9.17, 15) is 0 Å². The van der Waals surface area contributed by atoms with Gasteiger partial charge >= 0.3 is 0 Å². The first-order valence-electron chi connectivity index (χ1n) is 3.91. The van der Waals surface area contributed by atoms with Crippen LogP contribution in [0.5, 0.6) is 0 Å². The van der Waals surface area contributed by atoms with E-state index < -0.39 is 0 Å². The molecule has 13 heavy (non-hydrogen) atoms. The summed E-state index contributed by atoms with van der Waals surface area (Å²) in [6.45, 7) is 0.837. The zero-order valence-corrected chi connectivity index (χ0v) is 9.05. The van der Waals surface area contributed by atoms with E-state index in [1.54, 1.807) is 12.7 Å². The smallest absolute Gasteiger partial charge is 0.119 e. The molecule has 0 aliphatic carbocycles. The molecule has 0 amide bonds. The van der Waals surface area contributed by atoms with Gasteiger partial charge in [-0.2, -0.15) is 0 Å². The largest absolute Gasteiger partial charge is 0.316 e. The normalized spacial score (nSPS) is 10.2. The van der Waals surface area contributed by atoms with Crippen molar-refractivity contribution in [3.05, 3.63) is 46.1 Å². The van der Waals surface area contributed by atoms with Crippen LogP contribution in [0.3, 0.4) is 0 Å². The Morgan fingerprint density at radius 1 is 1.23 bits per heavy atom. The van der Waals surface area contributed by atoms with Crippen LogP contribution in [0.1, 0.15) is 5.56 Å². The van der Waals surface area contributed by atoms with Gasteiger partial charge in [0.1, 0.15) is 12.7 Å². The highest BCUT2D eigenvalue weighted by Crippen LogP contribution is 2.08. The summed E-state index contributed by atoms with van der Waals surface area (Å²) >= 11 is 2.31. The van der Waals surface area contributed by atoms with Crippen LogP contribution in [0.25, 0.3) is 0 Å². The summed E-state index contributed by atoms with van der Waals surface area (Å²) in [5, 5.41) is 7.50. The van der Waals surface area contributed by atoms with Gasteiger partial charge in [-0.25, -0.2) is 0 Å². The van der Waals surface area contributed by atoms with Gasteiger partial charge in [0.15, 0.2) is 0 Å². The van der Waals surface area contributed by atoms with Gasteiger partial charge in [0.25, 0.3) is 0 Å². The molecule has 0 aliphatic rings. The first kappa shape index (κ1) is 8.68. The SMILES string of the molecule is Ic1cccc(Cn2cnnc2)c1. The van der Waals surface area contributed by atoms with Gasteiger partial charge in [-0.15, -0.1) is 10.2 Å². The topological polar surface area (TPSA) is 30.7 Å². The van der Waals surface area contributed by atoms with Crippen LogP contribution in [0.15, 0.2) is 36.9 Å². The number of hydrogen-bond acceptors (Lipinski definition) is 2. The van der Waals surface area contributed by atoms with E-state index in [1.807, 2.05) is 4.57 Å². The van der Waals surface area contributed by atoms with Crippen LogP contribution in [-0.4, -0.2) is 14.8 Å². The Kier molecular flexibility index (Phi) is 2.58. The Morgan fingerprint density at radius 2 is 2.00 bits per heavy atom. The molecule has 0 saturated heterocycles. The molecule has 0 spiro atoms. The molecule has 0 N–H and O–H groups in total. The summed E-state index contributed by atoms with van der Waals surface area (Å²) in [7, 11) is 0. The average molecular weight is 285 g/mol. The Hall–Kier alpha value is -0.910. The minimum atomic E-state index is 0.837. The summed E-state index contributed by atoms with van der Waals surface area (Å²) in [5.74, 6) is 0. The molecular formula is C9H8IN3. The van der Waals surface area contributed by atoms with Gasteiger partial charge in [0, 0.05) is 3.57 Å². The maximum Gasteiger partial charge on any atom is 0.119 e. The first-order chi connectivity index (χ1) is 6.34. The van der Waals surface area contributed by atoms with E-state index in [1.165, 1.54) is 9.13 Å². The standard InChI is InChI=1S/C9H8IN3/c10-9-3-1-2-8(4-9)5-13-6-11-12-7-13/h1-4,6-7H,5H2. The predicted octanol–water partition coefficient (Wildman–Crippen LogP) is 1.93. The maximum atomic E-state index is 3.75. The summed E-state index contributed by atoms with van der Waals surface area (Å²) in [4.78, 5) is 0. The molecule has 0 radical (unpaired) electrons. The summed E-state index contributed by atoms with van der Waals surface area (Å²) < 4.78 is 3.20. The van der Waals surface area contributed by atoms with E-state index >= 15 is 0 Å². The molecule has 4 heteroatoms. The van der Waals surface area contributed by atoms with Crippen molar-refractivity contribution in [1.29, 1.82) is 0 Å². The minimum Gasteiger partial charge on any atom is -0.316 e. The minimum absolute atomic E-state index is 0.837. The van der Waals surface area contributed by atoms with Gasteiger partial charge in [-0.3, -0.25) is 0 Å². The van der Waals surface area contributed by atoms with Crippen LogP contribution in [0, 0.1) is 3.57 Å². The molecule has 2 aromatic rings. The zero-order chi connectivity index (χ0) is 9.10. The fourth-order valence-electron chi connectivity index (χ4n) is 1.15. The number of halogens is 1. The lowest BCUT2D eigenvalue weighted by Gasteiger charge is -2.01. The molecule has 0 unspecified atom stereocenters. The van der Waals surface area contributed by atoms with Gasteiger partial charge in [0.05, 0.1) is 6.54 Å². The Bertz CT molecular complexity index is 384. The van der Waals surface area contributed by atoms with Crippen molar-refractivity contribution in [2.75, 3.05) is 0 Å². The molecule has 1 heterocycles. The van der Waals surface area contributed by atoms with Crippen LogP contribution in [0.2, 0.25) is 0 Å². The average Bonchev–Trinajstić information content (AvgIpc) is 2.57. The van der Waals surface area contributed by atoms with Crippen molar-refractivity contribution in [3.8, 4) is 0 Å². The fourth-order valence-corrected chi connectivity index (χ4v) is 1.76. The van der Waals surface area contributed by atoms with Crippen molar-refractivity contribution >= 4 is 22.6 Å². The van der Waals surface area contributed by atoms with Crippen molar-refractivity contribution in [1.82, 2.24) is 14.8 Å². The lowest BCUT2D eigenvalue weighted by atomic mass is 10.2. The van der Waals surface area contributed by atoms with Crippen molar-refractivity contribution in [3.63, 3.8) is 0 Å². The van der Waals surface area contributed by atoms with E-state index in [0.29, 0.717) is 0 Å². The third-order valence-corrected chi connectivity index (χ3v) is 2.39. The van der Waals surface area contributed by atoms with Crippen LogP contribution in [0.4, 0.5) is 0 Å². The van der Waals surface area contributed by atoms with Gasteiger partial charge in [-0.1, -0.05) is 12.1 Å². The van der Waals surface area contributed by atoms with Crippen molar-refractivity contribution < 1.29 is 0 Å². The maximum absolute atomic E-state index is 3.75. The van der Waals surface area contributed by atoms with Crippen LogP contribution in [-0.2, 0) is 6.54 Å². The quantitative estimate of drug-likeness (QED) is 0.789. The second-order valence-electron chi connectivity index (χ2n) is 2.76. The predicted molar refractivity (Wildman–Crippen MR) is 58.3 cm³/mol. The fraction of sp³-hybridized carbons (Fsp3) is 0.111. The molecule has 66 valence electrons. The second-order valence-corrected chi connectivity index (χ2v) is 4.01. The van der Waals surface area contributed by atoms with E-state index in [4.69, 9.17) is 0 Å². The number of benzene rings is 1. The van der Waals surface area contributed by atoms with Gasteiger partial charge < -0.3 is 4.57 Å². The zero-order valence-electron chi connectivity index (χ0n) is 6.89. The molecule has 0 atom stereocenters. The van der Waals surface area contributed by atoms with E-state index in [2.05, 4.69) is 57.1 Å². The monoisotopic (exact) mass is 285 g/mol. The Labute approximate surface area is 89.9 Å². The van der Waals surface area contributed by atoms with Crippen LogP contribution >= 0.6 is 22.6 Å². The van der Waals surface area contributed by atoms with E-state index in [0.717, 1.165) is 6.54 Å². The number of aromatic nitrogens is 3. The molecule has 3 nitrogen and oxygen atoms in total. The number of rotatable bonds is 2. The third-order valence-electron chi connectivity index (χ3n) is 1.72. The lowest BCUT2D eigenvalue weighted by Crippen LogP contribution is -1.96. The molecule has 2 rings (SSSR count). The lowest BCUT2D eigenvalue weighted by molar-refractivity contribution is 0.794. The molecule has 0 bridgehead atoms. The molecule has 0 fully saturated rings. The highest BCUT2D eigenvalue weighted by Gasteiger charge is 1.94. The molecule has 0 saturated carbocycles. The summed E-state index contributed by atoms with van der Waals surface area (Å²) in [5.41, 5.74) is 1.27. The summed E-state index contributed by atoms with van der Waals surface area (Å²) in [6, 6.07) is 8.39. The number of nitrogens with zero attached hydrogens (tertiary/aromatic N) is 3. The summed E-state index contributed by atoms with van der Waals surface area (Å²) in [6.07, 6.45) is 3.44. The van der Waals surface area contributed by atoms with Gasteiger partial charge in [0.2, 0.25) is 0 Å². The Morgan fingerprint density at radius 3 is 2.69 bits per heavy atom. The Balaban J connectivity index is 2.19. The number of hydrogen-bond donors (Lipinski definition) is 0. The highest BCUT2D eigenvalue weighted by molar-refractivity contribution is 14.1. The van der Waals surface area contributed by atoms with Crippen LogP contribution < -0.4 is 0 Å². The first-order valence-corrected chi connectivity index (χ1v) is 4.99. The van der Waals surface area contributed by atoms with E-state index in [-0.39, 0.29) is 0 Å². The molecule has 1 aromatic heterocycles. The highest BCUT2D eigenvalue weighted by atomic mass is 127. The molecule has 0 aliphatic heterocycles. The van der Waals surface area contributed by atoms with Gasteiger partial charge in [-0.05, 0) is 40.3 Å². The van der Waals surface area contributed by atoms with Crippen molar-refractivity contribution in [2.45, 2.75) is 6.54 Å². The second kappa shape index (κ2) is 3.87. The molecule has 1 aromatic carbocycles. The molecular weight excluding hydrogens is 277 g/mol. The van der Waals surface area contributed by atoms with Crippen molar-refractivity contribution in [2.24, 2.45) is 0 Å². The third kappa shape index (κ3) is 2.27.